The minimum Gasteiger partial charge on any atom is -0.496 e. The Balaban J connectivity index is 2.15. The van der Waals surface area contributed by atoms with Gasteiger partial charge in [0, 0.05) is 24.8 Å². The van der Waals surface area contributed by atoms with Crippen LogP contribution in [0.1, 0.15) is 13.8 Å². The van der Waals surface area contributed by atoms with E-state index in [9.17, 15) is 4.79 Å². The molecule has 1 amide bonds. The number of methoxy groups -OCH3 is 1. The van der Waals surface area contributed by atoms with Crippen molar-refractivity contribution in [3.05, 3.63) is 53.6 Å². The van der Waals surface area contributed by atoms with Crippen molar-refractivity contribution in [1.29, 1.82) is 0 Å². The summed E-state index contributed by atoms with van der Waals surface area (Å²) in [6.07, 6.45) is 0. The lowest BCUT2D eigenvalue weighted by Gasteiger charge is -2.23. The van der Waals surface area contributed by atoms with E-state index in [2.05, 4.69) is 10.2 Å². The molecule has 6 nitrogen and oxygen atoms in total. The number of halogens is 1. The average molecular weight is 445 g/mol. The third kappa shape index (κ3) is 4.63. The van der Waals surface area contributed by atoms with Crippen LogP contribution in [-0.2, 0) is 4.79 Å². The smallest absolute Gasteiger partial charge is 0.235 e. The monoisotopic (exact) mass is 444 g/mol. The van der Waals surface area contributed by atoms with Crippen LogP contribution in [0.15, 0.2) is 53.7 Å². The van der Waals surface area contributed by atoms with Crippen LogP contribution in [-0.4, -0.2) is 52.0 Å². The quantitative estimate of drug-likeness (QED) is 0.490. The van der Waals surface area contributed by atoms with Gasteiger partial charge in [-0.1, -0.05) is 49.3 Å². The molecular weight excluding hydrogens is 420 g/mol. The fourth-order valence-corrected chi connectivity index (χ4v) is 4.33. The molecule has 3 rings (SSSR count). The van der Waals surface area contributed by atoms with Crippen molar-refractivity contribution in [2.75, 3.05) is 21.2 Å². The van der Waals surface area contributed by atoms with Crippen molar-refractivity contribution >= 4 is 29.3 Å². The van der Waals surface area contributed by atoms with E-state index < -0.39 is 0 Å². The Morgan fingerprint density at radius 3 is 2.37 bits per heavy atom. The van der Waals surface area contributed by atoms with Crippen LogP contribution in [0.3, 0.4) is 0 Å². The number of nitrogens with zero attached hydrogens (tertiary/aromatic N) is 4. The SMILES string of the molecule is COc1ccccc1-c1nnc(SC(C(=O)N(C)C)C(C)C)n1-c1ccc(Cl)cc1. The molecule has 8 heteroatoms. The topological polar surface area (TPSA) is 60.3 Å². The summed E-state index contributed by atoms with van der Waals surface area (Å²) in [6, 6.07) is 15.1. The lowest BCUT2D eigenvalue weighted by molar-refractivity contribution is -0.128. The number of hydrogen-bond donors (Lipinski definition) is 0. The number of thioether (sulfide) groups is 1. The first-order chi connectivity index (χ1) is 14.3. The second-order valence-electron chi connectivity index (χ2n) is 7.33. The Bertz CT molecular complexity index is 1020. The molecule has 1 unspecified atom stereocenters. The lowest BCUT2D eigenvalue weighted by Crippen LogP contribution is -2.35. The molecule has 0 bridgehead atoms. The van der Waals surface area contributed by atoms with Gasteiger partial charge >= 0.3 is 0 Å². The summed E-state index contributed by atoms with van der Waals surface area (Å²) in [6.45, 7) is 4.06. The molecule has 0 aliphatic heterocycles. The summed E-state index contributed by atoms with van der Waals surface area (Å²) in [4.78, 5) is 14.4. The van der Waals surface area contributed by atoms with E-state index in [1.54, 1.807) is 26.1 Å². The predicted octanol–water partition coefficient (Wildman–Crippen LogP) is 4.80. The van der Waals surface area contributed by atoms with Crippen LogP contribution in [0.25, 0.3) is 17.1 Å². The number of carbonyl (C=O) groups excluding carboxylic acids is 1. The highest BCUT2D eigenvalue weighted by molar-refractivity contribution is 8.00. The average Bonchev–Trinajstić information content (AvgIpc) is 3.15. The maximum atomic E-state index is 12.8. The Hall–Kier alpha value is -2.51. The summed E-state index contributed by atoms with van der Waals surface area (Å²) in [5, 5.41) is 9.89. The number of amides is 1. The number of para-hydroxylation sites is 1. The largest absolute Gasteiger partial charge is 0.496 e. The van der Waals surface area contributed by atoms with Crippen molar-refractivity contribution in [1.82, 2.24) is 19.7 Å². The highest BCUT2D eigenvalue weighted by atomic mass is 35.5. The third-order valence-electron chi connectivity index (χ3n) is 4.59. The van der Waals surface area contributed by atoms with Gasteiger partial charge in [0.25, 0.3) is 0 Å². The van der Waals surface area contributed by atoms with Crippen molar-refractivity contribution < 1.29 is 9.53 Å². The number of carbonyl (C=O) groups is 1. The van der Waals surface area contributed by atoms with E-state index in [1.165, 1.54) is 11.8 Å². The van der Waals surface area contributed by atoms with Gasteiger partial charge in [-0.15, -0.1) is 10.2 Å². The third-order valence-corrected chi connectivity index (χ3v) is 6.32. The molecule has 3 aromatic rings. The van der Waals surface area contributed by atoms with Gasteiger partial charge in [0.15, 0.2) is 11.0 Å². The normalized spacial score (nSPS) is 12.1. The Morgan fingerprint density at radius 1 is 1.10 bits per heavy atom. The molecule has 1 atom stereocenters. The summed E-state index contributed by atoms with van der Waals surface area (Å²) >= 11 is 7.52. The van der Waals surface area contributed by atoms with Crippen molar-refractivity contribution in [2.24, 2.45) is 5.92 Å². The van der Waals surface area contributed by atoms with Crippen LogP contribution < -0.4 is 4.74 Å². The fourth-order valence-electron chi connectivity index (χ4n) is 3.01. The lowest BCUT2D eigenvalue weighted by atomic mass is 10.1. The number of benzene rings is 2. The Labute approximate surface area is 186 Å². The zero-order valence-corrected chi connectivity index (χ0v) is 19.2. The van der Waals surface area contributed by atoms with Gasteiger partial charge in [-0.25, -0.2) is 0 Å². The van der Waals surface area contributed by atoms with Crippen molar-refractivity contribution in [2.45, 2.75) is 24.3 Å². The number of rotatable bonds is 7. The van der Waals surface area contributed by atoms with Gasteiger partial charge in [-0.2, -0.15) is 0 Å². The molecule has 2 aromatic carbocycles. The molecule has 158 valence electrons. The van der Waals surface area contributed by atoms with E-state index in [1.807, 2.05) is 66.9 Å². The molecular formula is C22H25ClN4O2S. The van der Waals surface area contributed by atoms with E-state index in [-0.39, 0.29) is 17.1 Å². The summed E-state index contributed by atoms with van der Waals surface area (Å²) in [7, 11) is 5.16. The zero-order valence-electron chi connectivity index (χ0n) is 17.7. The van der Waals surface area contributed by atoms with Gasteiger partial charge in [0.2, 0.25) is 5.91 Å². The van der Waals surface area contributed by atoms with Crippen molar-refractivity contribution in [3.8, 4) is 22.8 Å². The molecule has 0 saturated heterocycles. The van der Waals surface area contributed by atoms with Gasteiger partial charge in [0.05, 0.1) is 17.9 Å². The molecule has 0 radical (unpaired) electrons. The van der Waals surface area contributed by atoms with Crippen LogP contribution in [0.4, 0.5) is 0 Å². The van der Waals surface area contributed by atoms with E-state index in [0.29, 0.717) is 21.8 Å². The molecule has 0 aliphatic rings. The van der Waals surface area contributed by atoms with Crippen LogP contribution in [0.2, 0.25) is 5.02 Å². The molecule has 1 aromatic heterocycles. The fraction of sp³-hybridized carbons (Fsp3) is 0.318. The molecule has 0 fully saturated rings. The molecule has 0 saturated carbocycles. The first-order valence-electron chi connectivity index (χ1n) is 9.56. The first-order valence-corrected chi connectivity index (χ1v) is 10.8. The van der Waals surface area contributed by atoms with E-state index >= 15 is 0 Å². The van der Waals surface area contributed by atoms with Crippen LogP contribution in [0, 0.1) is 5.92 Å². The van der Waals surface area contributed by atoms with Gasteiger partial charge in [-0.3, -0.25) is 9.36 Å². The molecule has 0 spiro atoms. The van der Waals surface area contributed by atoms with Gasteiger partial charge < -0.3 is 9.64 Å². The summed E-state index contributed by atoms with van der Waals surface area (Å²) in [5.74, 6) is 1.49. The van der Waals surface area contributed by atoms with Crippen LogP contribution >= 0.6 is 23.4 Å². The Kier molecular flexibility index (Phi) is 7.05. The predicted molar refractivity (Wildman–Crippen MR) is 122 cm³/mol. The second-order valence-corrected chi connectivity index (χ2v) is 8.88. The minimum absolute atomic E-state index is 0.0412. The maximum absolute atomic E-state index is 12.8. The molecule has 0 N–H and O–H groups in total. The standard InChI is InChI=1S/C22H25ClN4O2S/c1-14(2)19(21(28)26(3)4)30-22-25-24-20(17-8-6-7-9-18(17)29-5)27(22)16-12-10-15(23)11-13-16/h6-14,19H,1-5H3. The summed E-state index contributed by atoms with van der Waals surface area (Å²) < 4.78 is 7.48. The Morgan fingerprint density at radius 2 is 1.77 bits per heavy atom. The highest BCUT2D eigenvalue weighted by Gasteiger charge is 2.29. The number of ether oxygens (including phenoxy) is 1. The number of aromatic nitrogens is 3. The highest BCUT2D eigenvalue weighted by Crippen LogP contribution is 2.36. The number of hydrogen-bond acceptors (Lipinski definition) is 5. The maximum Gasteiger partial charge on any atom is 0.235 e. The molecule has 0 aliphatic carbocycles. The van der Waals surface area contributed by atoms with E-state index in [0.717, 1.165) is 11.3 Å². The van der Waals surface area contributed by atoms with Gasteiger partial charge in [-0.05, 0) is 42.3 Å². The van der Waals surface area contributed by atoms with Crippen LogP contribution in [0.5, 0.6) is 5.75 Å². The summed E-state index contributed by atoms with van der Waals surface area (Å²) in [5.41, 5.74) is 1.67. The first kappa shape index (κ1) is 22.2. The van der Waals surface area contributed by atoms with Crippen molar-refractivity contribution in [3.63, 3.8) is 0 Å². The molecule has 30 heavy (non-hydrogen) atoms. The van der Waals surface area contributed by atoms with E-state index in [4.69, 9.17) is 16.3 Å². The second kappa shape index (κ2) is 9.53. The zero-order chi connectivity index (χ0) is 21.8. The minimum atomic E-state index is -0.291. The molecule has 1 heterocycles. The van der Waals surface area contributed by atoms with Gasteiger partial charge in [0.1, 0.15) is 5.75 Å².